The first-order valence-electron chi connectivity index (χ1n) is 8.54. The number of rotatable bonds is 4. The molecule has 2 heterocycles. The van der Waals surface area contributed by atoms with Crippen molar-refractivity contribution in [2.75, 3.05) is 26.2 Å². The number of nitrogens with one attached hydrogen (secondary N) is 1. The zero-order valence-electron chi connectivity index (χ0n) is 14.1. The Hall–Kier alpha value is -2.63. The summed E-state index contributed by atoms with van der Waals surface area (Å²) in [5.41, 5.74) is 1.30. The number of halogens is 1. The van der Waals surface area contributed by atoms with Crippen LogP contribution >= 0.6 is 0 Å². The molecule has 0 atom stereocenters. The summed E-state index contributed by atoms with van der Waals surface area (Å²) in [5, 5.41) is 0. The topological polar surface area (TPSA) is 56.4 Å². The minimum absolute atomic E-state index is 0.0586. The van der Waals surface area contributed by atoms with E-state index in [2.05, 4.69) is 4.98 Å². The summed E-state index contributed by atoms with van der Waals surface area (Å²) in [5.74, 6) is -0.386. The minimum atomic E-state index is -0.353. The molecular weight excluding hydrogens is 321 g/mol. The van der Waals surface area contributed by atoms with Crippen LogP contribution in [0.5, 0.6) is 0 Å². The predicted molar refractivity (Wildman–Crippen MR) is 92.4 cm³/mol. The van der Waals surface area contributed by atoms with Crippen molar-refractivity contribution in [2.24, 2.45) is 0 Å². The standard InChI is InChI=1S/C19H22FN3O2/c20-17-7-2-1-5-15(17)13-18(24)22-9-4-10-23(12-11-22)19(25)14-16-6-3-8-21-16/h1-3,5-8,21H,4,9-14H2. The number of carbonyl (C=O) groups is 2. The highest BCUT2D eigenvalue weighted by Crippen LogP contribution is 2.11. The van der Waals surface area contributed by atoms with E-state index in [0.717, 1.165) is 12.1 Å². The van der Waals surface area contributed by atoms with Crippen molar-refractivity contribution in [2.45, 2.75) is 19.3 Å². The second-order valence-corrected chi connectivity index (χ2v) is 6.26. The van der Waals surface area contributed by atoms with E-state index in [1.807, 2.05) is 12.1 Å². The van der Waals surface area contributed by atoms with Crippen molar-refractivity contribution in [1.29, 1.82) is 0 Å². The first kappa shape index (κ1) is 17.2. The number of aromatic nitrogens is 1. The number of benzene rings is 1. The maximum Gasteiger partial charge on any atom is 0.228 e. The fourth-order valence-electron chi connectivity index (χ4n) is 3.08. The Morgan fingerprint density at radius 1 is 0.920 bits per heavy atom. The smallest absolute Gasteiger partial charge is 0.228 e. The van der Waals surface area contributed by atoms with Gasteiger partial charge in [-0.05, 0) is 30.2 Å². The summed E-state index contributed by atoms with van der Waals surface area (Å²) in [6, 6.07) is 10.1. The first-order valence-corrected chi connectivity index (χ1v) is 8.54. The van der Waals surface area contributed by atoms with Gasteiger partial charge < -0.3 is 14.8 Å². The van der Waals surface area contributed by atoms with Crippen molar-refractivity contribution in [3.05, 3.63) is 59.7 Å². The Balaban J connectivity index is 1.55. The van der Waals surface area contributed by atoms with Gasteiger partial charge in [-0.1, -0.05) is 18.2 Å². The minimum Gasteiger partial charge on any atom is -0.365 e. The lowest BCUT2D eigenvalue weighted by Crippen LogP contribution is -2.38. The number of hydrogen-bond acceptors (Lipinski definition) is 2. The third kappa shape index (κ3) is 4.47. The predicted octanol–water partition coefficient (Wildman–Crippen LogP) is 2.00. The van der Waals surface area contributed by atoms with Gasteiger partial charge in [0.15, 0.2) is 0 Å². The molecule has 0 radical (unpaired) electrons. The van der Waals surface area contributed by atoms with Crippen LogP contribution in [0.3, 0.4) is 0 Å². The molecule has 1 N–H and O–H groups in total. The molecule has 0 saturated carbocycles. The molecule has 1 aliphatic rings. The maximum absolute atomic E-state index is 13.7. The van der Waals surface area contributed by atoms with Gasteiger partial charge in [-0.15, -0.1) is 0 Å². The molecule has 5 nitrogen and oxygen atoms in total. The lowest BCUT2D eigenvalue weighted by Gasteiger charge is -2.22. The molecule has 1 fully saturated rings. The molecule has 2 aromatic rings. The molecule has 3 rings (SSSR count). The Bertz CT molecular complexity index is 730. The third-order valence-electron chi connectivity index (χ3n) is 4.50. The molecule has 6 heteroatoms. The van der Waals surface area contributed by atoms with E-state index < -0.39 is 0 Å². The van der Waals surface area contributed by atoms with Crippen molar-refractivity contribution in [3.63, 3.8) is 0 Å². The average Bonchev–Trinajstić information content (AvgIpc) is 2.98. The molecule has 132 valence electrons. The number of H-pyrrole nitrogens is 1. The van der Waals surface area contributed by atoms with Crippen LogP contribution < -0.4 is 0 Å². The SMILES string of the molecule is O=C(Cc1ccc[nH]1)N1CCCN(C(=O)Cc2ccccc2F)CC1. The van der Waals surface area contributed by atoms with Crippen molar-refractivity contribution < 1.29 is 14.0 Å². The fourth-order valence-corrected chi connectivity index (χ4v) is 3.08. The van der Waals surface area contributed by atoms with E-state index in [-0.39, 0.29) is 24.1 Å². The van der Waals surface area contributed by atoms with Gasteiger partial charge in [-0.25, -0.2) is 4.39 Å². The van der Waals surface area contributed by atoms with E-state index in [4.69, 9.17) is 0 Å². The molecule has 1 aliphatic heterocycles. The number of aromatic amines is 1. The summed E-state index contributed by atoms with van der Waals surface area (Å²) in [7, 11) is 0. The van der Waals surface area contributed by atoms with Crippen molar-refractivity contribution >= 4 is 11.8 Å². The summed E-state index contributed by atoms with van der Waals surface area (Å²) >= 11 is 0. The van der Waals surface area contributed by atoms with E-state index in [0.29, 0.717) is 38.2 Å². The van der Waals surface area contributed by atoms with E-state index in [9.17, 15) is 14.0 Å². The quantitative estimate of drug-likeness (QED) is 0.923. The van der Waals surface area contributed by atoms with Crippen LogP contribution in [0.4, 0.5) is 4.39 Å². The number of nitrogens with zero attached hydrogens (tertiary/aromatic N) is 2. The summed E-state index contributed by atoms with van der Waals surface area (Å²) < 4.78 is 13.7. The van der Waals surface area contributed by atoms with Crippen LogP contribution in [-0.2, 0) is 22.4 Å². The first-order chi connectivity index (χ1) is 12.1. The van der Waals surface area contributed by atoms with Crippen LogP contribution in [0.25, 0.3) is 0 Å². The van der Waals surface area contributed by atoms with Crippen LogP contribution in [0.1, 0.15) is 17.7 Å². The molecule has 0 aliphatic carbocycles. The molecule has 1 aromatic heterocycles. The molecule has 2 amide bonds. The van der Waals surface area contributed by atoms with Gasteiger partial charge >= 0.3 is 0 Å². The number of carbonyl (C=O) groups excluding carboxylic acids is 2. The van der Waals surface area contributed by atoms with Gasteiger partial charge in [0.1, 0.15) is 5.82 Å². The molecule has 0 spiro atoms. The van der Waals surface area contributed by atoms with E-state index in [1.165, 1.54) is 6.07 Å². The van der Waals surface area contributed by atoms with Crippen molar-refractivity contribution in [1.82, 2.24) is 14.8 Å². The second-order valence-electron chi connectivity index (χ2n) is 6.26. The van der Waals surface area contributed by atoms with Crippen molar-refractivity contribution in [3.8, 4) is 0 Å². The lowest BCUT2D eigenvalue weighted by molar-refractivity contribution is -0.132. The van der Waals surface area contributed by atoms with Crippen LogP contribution in [0.2, 0.25) is 0 Å². The fraction of sp³-hybridized carbons (Fsp3) is 0.368. The summed E-state index contributed by atoms with van der Waals surface area (Å²) in [6.45, 7) is 2.24. The molecule has 1 aromatic carbocycles. The van der Waals surface area contributed by atoms with Crippen LogP contribution in [-0.4, -0.2) is 52.8 Å². The van der Waals surface area contributed by atoms with Gasteiger partial charge in [0.25, 0.3) is 0 Å². The summed E-state index contributed by atoms with van der Waals surface area (Å²) in [4.78, 5) is 31.4. The van der Waals surface area contributed by atoms with Gasteiger partial charge in [-0.2, -0.15) is 0 Å². The molecule has 0 bridgehead atoms. The average molecular weight is 343 g/mol. The van der Waals surface area contributed by atoms with Crippen LogP contribution in [0.15, 0.2) is 42.6 Å². The highest BCUT2D eigenvalue weighted by molar-refractivity contribution is 5.80. The largest absolute Gasteiger partial charge is 0.365 e. The third-order valence-corrected chi connectivity index (χ3v) is 4.50. The molecule has 1 saturated heterocycles. The number of hydrogen-bond donors (Lipinski definition) is 1. The molecule has 0 unspecified atom stereocenters. The lowest BCUT2D eigenvalue weighted by atomic mass is 10.1. The maximum atomic E-state index is 13.7. The summed E-state index contributed by atoms with van der Waals surface area (Å²) in [6.07, 6.45) is 2.94. The highest BCUT2D eigenvalue weighted by Gasteiger charge is 2.22. The van der Waals surface area contributed by atoms with E-state index in [1.54, 1.807) is 34.2 Å². The zero-order chi connectivity index (χ0) is 17.6. The van der Waals surface area contributed by atoms with E-state index >= 15 is 0 Å². The second kappa shape index (κ2) is 7.96. The normalized spacial score (nSPS) is 15.1. The Morgan fingerprint density at radius 2 is 1.60 bits per heavy atom. The zero-order valence-corrected chi connectivity index (χ0v) is 14.1. The van der Waals surface area contributed by atoms with Gasteiger partial charge in [0.2, 0.25) is 11.8 Å². The molecule has 25 heavy (non-hydrogen) atoms. The highest BCUT2D eigenvalue weighted by atomic mass is 19.1. The van der Waals surface area contributed by atoms with Gasteiger partial charge in [-0.3, -0.25) is 9.59 Å². The Labute approximate surface area is 146 Å². The molecular formula is C19H22FN3O2. The number of amides is 2. The van der Waals surface area contributed by atoms with Gasteiger partial charge in [0.05, 0.1) is 12.8 Å². The Morgan fingerprint density at radius 3 is 2.24 bits per heavy atom. The monoisotopic (exact) mass is 343 g/mol. The van der Waals surface area contributed by atoms with Crippen LogP contribution in [0, 0.1) is 5.82 Å². The Kier molecular flexibility index (Phi) is 5.48. The van der Waals surface area contributed by atoms with Gasteiger partial charge in [0, 0.05) is 38.1 Å².